The molecule has 0 aliphatic rings. The first-order valence-corrected chi connectivity index (χ1v) is 8.92. The minimum atomic E-state index is -4.37. The van der Waals surface area contributed by atoms with Crippen LogP contribution in [0.3, 0.4) is 0 Å². The summed E-state index contributed by atoms with van der Waals surface area (Å²) in [6, 6.07) is 14.8. The van der Waals surface area contributed by atoms with Crippen molar-refractivity contribution < 1.29 is 17.7 Å². The molecule has 5 nitrogen and oxygen atoms in total. The highest BCUT2D eigenvalue weighted by molar-refractivity contribution is 5.85. The lowest BCUT2D eigenvalue weighted by Gasteiger charge is -2.19. The molecule has 0 amide bonds. The molecule has 0 bridgehead atoms. The molecule has 1 heterocycles. The van der Waals surface area contributed by atoms with Gasteiger partial charge >= 0.3 is 6.18 Å². The molecular formula is C20H22ClF3N4O. The molecule has 0 unspecified atom stereocenters. The molecule has 3 aromatic rings. The number of halogens is 4. The SMILES string of the molecule is Cl.NCCN(CCc1ccccc1)Cc1nc(-c2ccc(C(F)(F)F)cc2)no1. The van der Waals surface area contributed by atoms with Gasteiger partial charge in [-0.15, -0.1) is 12.4 Å². The van der Waals surface area contributed by atoms with Crippen LogP contribution in [-0.4, -0.2) is 34.7 Å². The normalized spacial score (nSPS) is 11.5. The number of aromatic nitrogens is 2. The molecule has 3 rings (SSSR count). The van der Waals surface area contributed by atoms with Crippen LogP contribution in [0, 0.1) is 0 Å². The Labute approximate surface area is 173 Å². The maximum atomic E-state index is 12.7. The van der Waals surface area contributed by atoms with E-state index >= 15 is 0 Å². The lowest BCUT2D eigenvalue weighted by molar-refractivity contribution is -0.137. The average molecular weight is 427 g/mol. The third-order valence-electron chi connectivity index (χ3n) is 4.30. The fraction of sp³-hybridized carbons (Fsp3) is 0.300. The number of hydrogen-bond donors (Lipinski definition) is 1. The van der Waals surface area contributed by atoms with Gasteiger partial charge in [0.05, 0.1) is 12.1 Å². The summed E-state index contributed by atoms with van der Waals surface area (Å²) in [7, 11) is 0. The van der Waals surface area contributed by atoms with Crippen molar-refractivity contribution in [2.75, 3.05) is 19.6 Å². The summed E-state index contributed by atoms with van der Waals surface area (Å²) in [6.45, 7) is 2.37. The molecule has 29 heavy (non-hydrogen) atoms. The zero-order chi connectivity index (χ0) is 20.0. The Morgan fingerprint density at radius 1 is 0.966 bits per heavy atom. The molecule has 156 valence electrons. The Kier molecular flexibility index (Phi) is 8.19. The predicted octanol–water partition coefficient (Wildman–Crippen LogP) is 4.18. The summed E-state index contributed by atoms with van der Waals surface area (Å²) in [5, 5.41) is 3.88. The van der Waals surface area contributed by atoms with Crippen molar-refractivity contribution in [1.82, 2.24) is 15.0 Å². The summed E-state index contributed by atoms with van der Waals surface area (Å²) in [5.74, 6) is 0.663. The molecular weight excluding hydrogens is 405 g/mol. The number of nitrogens with two attached hydrogens (primary N) is 1. The van der Waals surface area contributed by atoms with E-state index in [0.717, 1.165) is 25.1 Å². The minimum absolute atomic E-state index is 0. The first kappa shape index (κ1) is 22.9. The zero-order valence-corrected chi connectivity index (χ0v) is 16.4. The van der Waals surface area contributed by atoms with Gasteiger partial charge in [0, 0.05) is 25.2 Å². The monoisotopic (exact) mass is 426 g/mol. The Hall–Kier alpha value is -2.42. The molecule has 0 radical (unpaired) electrons. The molecule has 0 aliphatic heterocycles. The molecule has 0 saturated carbocycles. The van der Waals surface area contributed by atoms with Crippen LogP contribution in [0.25, 0.3) is 11.4 Å². The summed E-state index contributed by atoms with van der Waals surface area (Å²) in [6.07, 6.45) is -3.51. The third-order valence-corrected chi connectivity index (χ3v) is 4.30. The van der Waals surface area contributed by atoms with Crippen LogP contribution in [0.1, 0.15) is 17.0 Å². The smallest absolute Gasteiger partial charge is 0.338 e. The number of rotatable bonds is 8. The number of alkyl halides is 3. The van der Waals surface area contributed by atoms with Gasteiger partial charge in [0.2, 0.25) is 11.7 Å². The van der Waals surface area contributed by atoms with E-state index < -0.39 is 11.7 Å². The molecule has 1 aromatic heterocycles. The predicted molar refractivity (Wildman–Crippen MR) is 106 cm³/mol. The Morgan fingerprint density at radius 2 is 1.66 bits per heavy atom. The Bertz CT molecular complexity index is 869. The second kappa shape index (κ2) is 10.4. The van der Waals surface area contributed by atoms with Crippen LogP contribution < -0.4 is 5.73 Å². The van der Waals surface area contributed by atoms with Gasteiger partial charge in [0.25, 0.3) is 0 Å². The third kappa shape index (κ3) is 6.56. The molecule has 9 heteroatoms. The maximum Gasteiger partial charge on any atom is 0.416 e. The summed E-state index contributed by atoms with van der Waals surface area (Å²) < 4.78 is 43.3. The highest BCUT2D eigenvalue weighted by atomic mass is 35.5. The molecule has 0 fully saturated rings. The summed E-state index contributed by atoms with van der Waals surface area (Å²) in [5.41, 5.74) is 6.68. The van der Waals surface area contributed by atoms with E-state index in [1.807, 2.05) is 18.2 Å². The van der Waals surface area contributed by atoms with Crippen molar-refractivity contribution in [2.45, 2.75) is 19.1 Å². The van der Waals surface area contributed by atoms with Crippen LogP contribution in [0.15, 0.2) is 59.1 Å². The topological polar surface area (TPSA) is 68.2 Å². The minimum Gasteiger partial charge on any atom is -0.338 e. The molecule has 2 N–H and O–H groups in total. The van der Waals surface area contributed by atoms with Gasteiger partial charge in [0.1, 0.15) is 0 Å². The van der Waals surface area contributed by atoms with Crippen molar-refractivity contribution >= 4 is 12.4 Å². The molecule has 0 atom stereocenters. The van der Waals surface area contributed by atoms with E-state index in [2.05, 4.69) is 27.2 Å². The fourth-order valence-corrected chi connectivity index (χ4v) is 2.82. The van der Waals surface area contributed by atoms with E-state index in [-0.39, 0.29) is 18.2 Å². The molecule has 0 spiro atoms. The van der Waals surface area contributed by atoms with Crippen LogP contribution in [-0.2, 0) is 19.1 Å². The average Bonchev–Trinajstić information content (AvgIpc) is 3.15. The number of hydrogen-bond acceptors (Lipinski definition) is 5. The van der Waals surface area contributed by atoms with Crippen molar-refractivity contribution in [3.8, 4) is 11.4 Å². The fourth-order valence-electron chi connectivity index (χ4n) is 2.82. The molecule has 2 aromatic carbocycles. The first-order valence-electron chi connectivity index (χ1n) is 8.92. The Morgan fingerprint density at radius 3 is 2.28 bits per heavy atom. The second-order valence-electron chi connectivity index (χ2n) is 6.39. The van der Waals surface area contributed by atoms with Crippen molar-refractivity contribution in [2.24, 2.45) is 5.73 Å². The largest absolute Gasteiger partial charge is 0.416 e. The highest BCUT2D eigenvalue weighted by Crippen LogP contribution is 2.30. The van der Waals surface area contributed by atoms with Crippen molar-refractivity contribution in [3.05, 3.63) is 71.6 Å². The van der Waals surface area contributed by atoms with Crippen LogP contribution in [0.5, 0.6) is 0 Å². The van der Waals surface area contributed by atoms with E-state index in [1.165, 1.54) is 17.7 Å². The quantitative estimate of drug-likeness (QED) is 0.585. The van der Waals surface area contributed by atoms with E-state index in [9.17, 15) is 13.2 Å². The first-order chi connectivity index (χ1) is 13.5. The lowest BCUT2D eigenvalue weighted by Crippen LogP contribution is -2.31. The van der Waals surface area contributed by atoms with Crippen molar-refractivity contribution in [3.63, 3.8) is 0 Å². The van der Waals surface area contributed by atoms with Crippen LogP contribution in [0.2, 0.25) is 0 Å². The standard InChI is InChI=1S/C20H21F3N4O.ClH/c21-20(22,23)17-8-6-16(7-9-17)19-25-18(28-26-19)14-27(13-11-24)12-10-15-4-2-1-3-5-15;/h1-9H,10-14,24H2;1H. The van der Waals surface area contributed by atoms with Crippen molar-refractivity contribution in [1.29, 1.82) is 0 Å². The van der Waals surface area contributed by atoms with Gasteiger partial charge < -0.3 is 10.3 Å². The lowest BCUT2D eigenvalue weighted by atomic mass is 10.1. The van der Waals surface area contributed by atoms with E-state index in [4.69, 9.17) is 10.3 Å². The van der Waals surface area contributed by atoms with Gasteiger partial charge in [-0.05, 0) is 24.1 Å². The van der Waals surface area contributed by atoms with Gasteiger partial charge in [-0.3, -0.25) is 4.90 Å². The molecule has 0 aliphatic carbocycles. The van der Waals surface area contributed by atoms with Gasteiger partial charge in [-0.2, -0.15) is 18.2 Å². The maximum absolute atomic E-state index is 12.7. The second-order valence-corrected chi connectivity index (χ2v) is 6.39. The Balaban J connectivity index is 0.00000300. The van der Waals surface area contributed by atoms with Gasteiger partial charge in [-0.1, -0.05) is 47.6 Å². The summed E-state index contributed by atoms with van der Waals surface area (Å²) in [4.78, 5) is 6.42. The number of benzene rings is 2. The summed E-state index contributed by atoms with van der Waals surface area (Å²) >= 11 is 0. The number of nitrogens with zero attached hydrogens (tertiary/aromatic N) is 3. The molecule has 0 saturated heterocycles. The van der Waals surface area contributed by atoms with E-state index in [1.54, 1.807) is 0 Å². The zero-order valence-electron chi connectivity index (χ0n) is 15.6. The van der Waals surface area contributed by atoms with Crippen LogP contribution in [0.4, 0.5) is 13.2 Å². The van der Waals surface area contributed by atoms with Gasteiger partial charge in [-0.25, -0.2) is 0 Å². The van der Waals surface area contributed by atoms with Gasteiger partial charge in [0.15, 0.2) is 0 Å². The van der Waals surface area contributed by atoms with E-state index in [0.29, 0.717) is 31.1 Å². The van der Waals surface area contributed by atoms with Crippen LogP contribution >= 0.6 is 12.4 Å². The highest BCUT2D eigenvalue weighted by Gasteiger charge is 2.30.